The second-order valence-corrected chi connectivity index (χ2v) is 18.5. The molecule has 2 aromatic heterocycles. The molecule has 0 nitrogen and oxygen atoms in total. The summed E-state index contributed by atoms with van der Waals surface area (Å²) in [5.41, 5.74) is 7.18. The van der Waals surface area contributed by atoms with Crippen molar-refractivity contribution in [2.24, 2.45) is 0 Å². The zero-order valence-corrected chi connectivity index (χ0v) is 36.1. The van der Waals surface area contributed by atoms with Gasteiger partial charge in [-0.3, -0.25) is 0 Å². The summed E-state index contributed by atoms with van der Waals surface area (Å²) in [5, 5.41) is 0. The van der Waals surface area contributed by atoms with Gasteiger partial charge in [-0.25, -0.2) is 0 Å². The second kappa shape index (κ2) is 19.6. The number of aryl methyl sites for hydroxylation is 2. The van der Waals surface area contributed by atoms with Gasteiger partial charge < -0.3 is 0 Å². The van der Waals surface area contributed by atoms with E-state index >= 15 is 0 Å². The summed E-state index contributed by atoms with van der Waals surface area (Å²) in [4.78, 5) is 5.66. The molecule has 48 heavy (non-hydrogen) atoms. The summed E-state index contributed by atoms with van der Waals surface area (Å²) in [6.07, 6.45) is 18.5. The molecule has 0 aliphatic rings. The fraction of sp³-hybridized carbons (Fsp3) is 0.381. The van der Waals surface area contributed by atoms with Gasteiger partial charge in [-0.15, -0.1) is 22.7 Å². The fourth-order valence-corrected chi connectivity index (χ4v) is 10.6. The molecule has 254 valence electrons. The minimum atomic E-state index is 1.07. The van der Waals surface area contributed by atoms with Crippen LogP contribution >= 0.6 is 86.4 Å². The van der Waals surface area contributed by atoms with Crippen LogP contribution in [0.25, 0.3) is 43.1 Å². The fourth-order valence-electron chi connectivity index (χ4n) is 6.23. The third-order valence-corrected chi connectivity index (χ3v) is 14.0. The molecule has 0 saturated heterocycles. The second-order valence-electron chi connectivity index (χ2n) is 12.8. The van der Waals surface area contributed by atoms with Crippen molar-refractivity contribution in [3.05, 3.63) is 100 Å². The van der Waals surface area contributed by atoms with E-state index < -0.39 is 0 Å². The van der Waals surface area contributed by atoms with Crippen molar-refractivity contribution in [2.75, 3.05) is 0 Å². The molecule has 0 atom stereocenters. The van der Waals surface area contributed by atoms with Gasteiger partial charge in [0.2, 0.25) is 0 Å². The predicted molar refractivity (Wildman–Crippen MR) is 229 cm³/mol. The van der Waals surface area contributed by atoms with Crippen LogP contribution < -0.4 is 0 Å². The molecular formula is C42H46Br4S2. The normalized spacial score (nSPS) is 11.5. The van der Waals surface area contributed by atoms with E-state index in [4.69, 9.17) is 0 Å². The first-order valence-electron chi connectivity index (χ1n) is 17.6. The van der Waals surface area contributed by atoms with Crippen LogP contribution in [0.3, 0.4) is 0 Å². The number of rotatable bonds is 18. The molecule has 0 N–H and O–H groups in total. The first kappa shape index (κ1) is 38.2. The molecule has 0 spiro atoms. The quantitative estimate of drug-likeness (QED) is 0.0768. The Hall–Kier alpha value is -1.02. The van der Waals surface area contributed by atoms with Gasteiger partial charge in [0.05, 0.1) is 0 Å². The number of hydrogen-bond donors (Lipinski definition) is 0. The lowest BCUT2D eigenvalue weighted by atomic mass is 9.98. The van der Waals surface area contributed by atoms with Crippen LogP contribution in [0.2, 0.25) is 0 Å². The van der Waals surface area contributed by atoms with E-state index in [9.17, 15) is 0 Å². The Morgan fingerprint density at radius 3 is 1.17 bits per heavy atom. The van der Waals surface area contributed by atoms with Gasteiger partial charge in [-0.2, -0.15) is 0 Å². The summed E-state index contributed by atoms with van der Waals surface area (Å²) in [5.74, 6) is 0. The average Bonchev–Trinajstić information content (AvgIpc) is 3.76. The van der Waals surface area contributed by atoms with Crippen molar-refractivity contribution in [2.45, 2.75) is 104 Å². The van der Waals surface area contributed by atoms with Crippen LogP contribution in [0.15, 0.2) is 90.7 Å². The largest absolute Gasteiger partial charge is 0.140 e. The lowest BCUT2D eigenvalue weighted by Crippen LogP contribution is -1.89. The van der Waals surface area contributed by atoms with E-state index in [1.165, 1.54) is 132 Å². The highest BCUT2D eigenvalue weighted by Crippen LogP contribution is 2.44. The molecule has 0 bridgehead atoms. The molecule has 0 aliphatic carbocycles. The average molecular weight is 935 g/mol. The summed E-state index contributed by atoms with van der Waals surface area (Å²) in [6.45, 7) is 4.56. The minimum absolute atomic E-state index is 1.07. The van der Waals surface area contributed by atoms with Crippen molar-refractivity contribution >= 4 is 86.4 Å². The molecular weight excluding hydrogens is 888 g/mol. The lowest BCUT2D eigenvalue weighted by Gasteiger charge is -2.14. The highest BCUT2D eigenvalue weighted by Gasteiger charge is 2.16. The maximum absolute atomic E-state index is 3.92. The first-order valence-corrected chi connectivity index (χ1v) is 22.5. The summed E-state index contributed by atoms with van der Waals surface area (Å²) in [6, 6.07) is 27.2. The summed E-state index contributed by atoms with van der Waals surface area (Å²) >= 11 is 19.5. The molecule has 0 radical (unpaired) electrons. The Labute approximate surface area is 330 Å². The third-order valence-electron chi connectivity index (χ3n) is 9.02. The van der Waals surface area contributed by atoms with Gasteiger partial charge in [-0.05, 0) is 108 Å². The molecule has 5 rings (SSSR count). The maximum Gasteiger partial charge on any atom is 0.0346 e. The summed E-state index contributed by atoms with van der Waals surface area (Å²) < 4.78 is 4.34. The van der Waals surface area contributed by atoms with Crippen LogP contribution in [-0.2, 0) is 12.8 Å². The molecule has 0 aliphatic heterocycles. The monoisotopic (exact) mass is 930 g/mol. The van der Waals surface area contributed by atoms with E-state index in [0.29, 0.717) is 0 Å². The van der Waals surface area contributed by atoms with Gasteiger partial charge in [-0.1, -0.05) is 166 Å². The van der Waals surface area contributed by atoms with Crippen molar-refractivity contribution in [1.82, 2.24) is 0 Å². The zero-order valence-electron chi connectivity index (χ0n) is 28.2. The number of halogens is 4. The van der Waals surface area contributed by atoms with Gasteiger partial charge in [0.15, 0.2) is 0 Å². The van der Waals surface area contributed by atoms with Crippen molar-refractivity contribution < 1.29 is 0 Å². The van der Waals surface area contributed by atoms with Crippen LogP contribution in [0.4, 0.5) is 0 Å². The Balaban J connectivity index is 1.25. The predicted octanol–water partition coefficient (Wildman–Crippen LogP) is 17.3. The molecule has 2 heterocycles. The van der Waals surface area contributed by atoms with Crippen molar-refractivity contribution in [3.8, 4) is 43.1 Å². The third kappa shape index (κ3) is 10.5. The molecule has 0 amide bonds. The number of thiophene rings is 2. The smallest absolute Gasteiger partial charge is 0.0346 e. The SMILES string of the molecule is CCCCCCCCc1ccc(-c2ccc(-c3cc(Br)c(-c4ccc(-c5ccc(CCCCCCCC)s5)cc4Br)cc3Br)c(Br)c2)s1. The van der Waals surface area contributed by atoms with E-state index in [2.05, 4.69) is 150 Å². The standard InChI is InChI=1S/C42H46Br4S2/c1-3-5-7-9-11-13-15-31-19-23-41(47-31)29-17-21-33(37(43)25-29)35-27-40(46)36(28-39(35)45)34-22-18-30(26-38(34)44)42-24-20-32(48-42)16-14-12-10-8-6-4-2/h17-28H,3-16H2,1-2H3. The van der Waals surface area contributed by atoms with Crippen LogP contribution in [0.5, 0.6) is 0 Å². The van der Waals surface area contributed by atoms with Gasteiger partial charge in [0.25, 0.3) is 0 Å². The molecule has 0 fully saturated rings. The number of unbranched alkanes of at least 4 members (excludes halogenated alkanes) is 10. The Kier molecular flexibility index (Phi) is 15.6. The van der Waals surface area contributed by atoms with E-state index in [0.717, 1.165) is 29.0 Å². The summed E-state index contributed by atoms with van der Waals surface area (Å²) in [7, 11) is 0. The van der Waals surface area contributed by atoms with Crippen molar-refractivity contribution in [1.29, 1.82) is 0 Å². The van der Waals surface area contributed by atoms with E-state index in [1.54, 1.807) is 0 Å². The number of benzene rings is 3. The van der Waals surface area contributed by atoms with E-state index in [-0.39, 0.29) is 0 Å². The highest BCUT2D eigenvalue weighted by atomic mass is 79.9. The molecule has 0 saturated carbocycles. The maximum atomic E-state index is 3.92. The van der Waals surface area contributed by atoms with Gasteiger partial charge >= 0.3 is 0 Å². The lowest BCUT2D eigenvalue weighted by molar-refractivity contribution is 0.609. The van der Waals surface area contributed by atoms with Crippen LogP contribution in [0.1, 0.15) is 101 Å². The van der Waals surface area contributed by atoms with E-state index in [1.807, 2.05) is 22.7 Å². The van der Waals surface area contributed by atoms with Crippen LogP contribution in [-0.4, -0.2) is 0 Å². The molecule has 6 heteroatoms. The highest BCUT2D eigenvalue weighted by molar-refractivity contribution is 9.11. The Morgan fingerprint density at radius 1 is 0.396 bits per heavy atom. The van der Waals surface area contributed by atoms with Crippen molar-refractivity contribution in [3.63, 3.8) is 0 Å². The molecule has 3 aromatic carbocycles. The first-order chi connectivity index (χ1) is 23.4. The molecule has 5 aromatic rings. The molecule has 0 unspecified atom stereocenters. The topological polar surface area (TPSA) is 0 Å². The minimum Gasteiger partial charge on any atom is -0.140 e. The number of hydrogen-bond acceptors (Lipinski definition) is 2. The van der Waals surface area contributed by atoms with Gasteiger partial charge in [0.1, 0.15) is 0 Å². The van der Waals surface area contributed by atoms with Crippen LogP contribution in [0, 0.1) is 0 Å². The Bertz CT molecular complexity index is 1640. The Morgan fingerprint density at radius 2 is 0.771 bits per heavy atom. The zero-order chi connectivity index (χ0) is 33.9. The van der Waals surface area contributed by atoms with Gasteiger partial charge in [0, 0.05) is 37.4 Å².